The highest BCUT2D eigenvalue weighted by atomic mass is 32.2. The number of aliphatic imine (C=N–C) groups is 1. The molecule has 7 nitrogen and oxygen atoms in total. The van der Waals surface area contributed by atoms with Gasteiger partial charge in [0.1, 0.15) is 22.6 Å². The van der Waals surface area contributed by atoms with Crippen LogP contribution in [0.2, 0.25) is 0 Å². The van der Waals surface area contributed by atoms with Gasteiger partial charge in [-0.2, -0.15) is 13.2 Å². The molecule has 1 fully saturated rings. The van der Waals surface area contributed by atoms with E-state index in [-0.39, 0.29) is 11.1 Å². The van der Waals surface area contributed by atoms with E-state index in [4.69, 9.17) is 14.3 Å². The largest absolute Gasteiger partial charge is 0.494 e. The Morgan fingerprint density at radius 2 is 1.77 bits per heavy atom. The number of aromatic nitrogens is 2. The molecule has 2 N–H and O–H groups in total. The number of fused-ring (bicyclic) bond motifs is 1. The van der Waals surface area contributed by atoms with Crippen molar-refractivity contribution in [2.24, 2.45) is 4.99 Å². The highest BCUT2D eigenvalue weighted by Crippen LogP contribution is 2.49. The van der Waals surface area contributed by atoms with Crippen molar-refractivity contribution in [2.75, 3.05) is 5.32 Å². The van der Waals surface area contributed by atoms with Gasteiger partial charge in [0.25, 0.3) is 0 Å². The minimum atomic E-state index is -4.47. The van der Waals surface area contributed by atoms with E-state index in [0.29, 0.717) is 17.9 Å². The lowest BCUT2D eigenvalue weighted by Gasteiger charge is -2.38. The highest BCUT2D eigenvalue weighted by molar-refractivity contribution is 8.01. The van der Waals surface area contributed by atoms with Crippen LogP contribution in [0, 0.1) is 6.92 Å². The standard InChI is InChI=1S/C31H34BF3N4O3S/c1-18-13-23(38-26(14-18)39-25-16-20(10-12-36-25)31(33,34)35)24-17-37-27(43-24)30(40)11-6-7-19-15-21(8-9-22(19)30)32-41-28(2,3)29(4,5)42-32/h8-10,12-17,24,27,40H,6-7,11H2,1-5H3,(H,36,38,39). The molecule has 0 bridgehead atoms. The average molecular weight is 611 g/mol. The number of hydrogen-bond donors (Lipinski definition) is 2. The summed E-state index contributed by atoms with van der Waals surface area (Å²) < 4.78 is 52.0. The maximum atomic E-state index is 13.2. The Hall–Kier alpha value is -2.93. The number of hydrogen-bond acceptors (Lipinski definition) is 8. The van der Waals surface area contributed by atoms with Crippen molar-refractivity contribution in [2.45, 2.75) is 87.5 Å². The first-order valence-corrected chi connectivity index (χ1v) is 15.3. The first-order chi connectivity index (χ1) is 20.1. The number of aliphatic hydroxyl groups is 1. The molecule has 226 valence electrons. The third-order valence-electron chi connectivity index (χ3n) is 8.79. The molecule has 1 aromatic carbocycles. The number of nitrogens with one attached hydrogen (secondary N) is 1. The van der Waals surface area contributed by atoms with E-state index in [2.05, 4.69) is 21.4 Å². The first kappa shape index (κ1) is 30.1. The third kappa shape index (κ3) is 5.70. The fraction of sp³-hybridized carbons (Fsp3) is 0.452. The summed E-state index contributed by atoms with van der Waals surface area (Å²) in [5, 5.41) is 14.3. The molecule has 0 radical (unpaired) electrons. The summed E-state index contributed by atoms with van der Waals surface area (Å²) in [6, 6.07) is 11.6. The second kappa shape index (κ2) is 10.6. The van der Waals surface area contributed by atoms with Crippen molar-refractivity contribution in [1.29, 1.82) is 0 Å². The molecule has 2 aliphatic heterocycles. The Balaban J connectivity index is 1.20. The summed E-state index contributed by atoms with van der Waals surface area (Å²) >= 11 is 1.51. The molecule has 0 saturated carbocycles. The van der Waals surface area contributed by atoms with Crippen LogP contribution in [-0.4, -0.2) is 45.0 Å². The highest BCUT2D eigenvalue weighted by Gasteiger charge is 2.52. The molecular weight excluding hydrogens is 576 g/mol. The number of anilines is 2. The van der Waals surface area contributed by atoms with Gasteiger partial charge in [0.15, 0.2) is 0 Å². The van der Waals surface area contributed by atoms with Crippen LogP contribution in [0.4, 0.5) is 24.8 Å². The number of benzene rings is 1. The number of pyridine rings is 2. The Kier molecular flexibility index (Phi) is 7.43. The van der Waals surface area contributed by atoms with Crippen LogP contribution in [-0.2, 0) is 27.5 Å². The maximum Gasteiger partial charge on any atom is 0.494 e. The van der Waals surface area contributed by atoms with Gasteiger partial charge in [-0.3, -0.25) is 4.99 Å². The zero-order valence-corrected chi connectivity index (χ0v) is 25.5. The number of halogens is 3. The second-order valence-electron chi connectivity index (χ2n) is 12.5. The Morgan fingerprint density at radius 3 is 2.49 bits per heavy atom. The van der Waals surface area contributed by atoms with Gasteiger partial charge in [0, 0.05) is 12.4 Å². The smallest absolute Gasteiger partial charge is 0.399 e. The summed E-state index contributed by atoms with van der Waals surface area (Å²) in [6.45, 7) is 10.0. The fourth-order valence-electron chi connectivity index (χ4n) is 5.77. The Labute approximate surface area is 253 Å². The van der Waals surface area contributed by atoms with E-state index in [0.717, 1.165) is 53.3 Å². The minimum absolute atomic E-state index is 0.0533. The number of alkyl halides is 3. The molecule has 0 amide bonds. The quantitative estimate of drug-likeness (QED) is 0.330. The Bertz CT molecular complexity index is 1570. The predicted molar refractivity (Wildman–Crippen MR) is 163 cm³/mol. The monoisotopic (exact) mass is 610 g/mol. The summed E-state index contributed by atoms with van der Waals surface area (Å²) in [7, 11) is -0.477. The summed E-state index contributed by atoms with van der Waals surface area (Å²) in [4.78, 5) is 13.4. The van der Waals surface area contributed by atoms with Gasteiger partial charge < -0.3 is 19.7 Å². The molecule has 6 rings (SSSR count). The molecule has 0 spiro atoms. The molecule has 3 unspecified atom stereocenters. The van der Waals surface area contributed by atoms with Crippen molar-refractivity contribution in [1.82, 2.24) is 9.97 Å². The number of thioether (sulfide) groups is 1. The fourth-order valence-corrected chi connectivity index (χ4v) is 7.05. The van der Waals surface area contributed by atoms with Crippen LogP contribution in [0.15, 0.2) is 53.7 Å². The van der Waals surface area contributed by atoms with Gasteiger partial charge >= 0.3 is 13.3 Å². The van der Waals surface area contributed by atoms with Gasteiger partial charge in [0.05, 0.1) is 27.7 Å². The molecule has 3 aliphatic rings. The second-order valence-corrected chi connectivity index (χ2v) is 13.7. The van der Waals surface area contributed by atoms with Crippen LogP contribution >= 0.6 is 11.8 Å². The average Bonchev–Trinajstić information content (AvgIpc) is 3.51. The zero-order valence-electron chi connectivity index (χ0n) is 24.7. The molecular formula is C31H34BF3N4O3S. The normalized spacial score (nSPS) is 26.0. The molecule has 4 heterocycles. The SMILES string of the molecule is Cc1cc(Nc2cc(C(F)(F)F)ccn2)nc(C2C=NC(C3(O)CCCc4cc(B5OC(C)(C)C(C)(C)O5)ccc43)S2)c1. The molecule has 1 saturated heterocycles. The van der Waals surface area contributed by atoms with E-state index in [1.807, 2.05) is 52.8 Å². The van der Waals surface area contributed by atoms with Crippen LogP contribution in [0.5, 0.6) is 0 Å². The number of nitrogens with zero attached hydrogens (tertiary/aromatic N) is 3. The van der Waals surface area contributed by atoms with Gasteiger partial charge in [0.2, 0.25) is 0 Å². The van der Waals surface area contributed by atoms with Gasteiger partial charge in [-0.25, -0.2) is 9.97 Å². The lowest BCUT2D eigenvalue weighted by molar-refractivity contribution is -0.137. The van der Waals surface area contributed by atoms with Crippen LogP contribution in [0.3, 0.4) is 0 Å². The van der Waals surface area contributed by atoms with Crippen LogP contribution in [0.1, 0.15) is 73.7 Å². The predicted octanol–water partition coefficient (Wildman–Crippen LogP) is 6.26. The molecule has 2 aromatic heterocycles. The van der Waals surface area contributed by atoms with Gasteiger partial charge in [-0.05, 0) is 100 Å². The van der Waals surface area contributed by atoms with Crippen molar-refractivity contribution in [3.8, 4) is 0 Å². The van der Waals surface area contributed by atoms with E-state index in [1.165, 1.54) is 11.8 Å². The minimum Gasteiger partial charge on any atom is -0.399 e. The summed E-state index contributed by atoms with van der Waals surface area (Å²) in [6.07, 6.45) is 0.679. The molecule has 12 heteroatoms. The van der Waals surface area contributed by atoms with Crippen molar-refractivity contribution < 1.29 is 27.6 Å². The molecule has 1 aliphatic carbocycles. The van der Waals surface area contributed by atoms with Crippen molar-refractivity contribution >= 4 is 42.2 Å². The van der Waals surface area contributed by atoms with E-state index >= 15 is 0 Å². The number of rotatable bonds is 5. The van der Waals surface area contributed by atoms with E-state index in [1.54, 1.807) is 12.3 Å². The topological polar surface area (TPSA) is 88.9 Å². The summed E-state index contributed by atoms with van der Waals surface area (Å²) in [5.74, 6) is 0.439. The molecule has 3 atom stereocenters. The Morgan fingerprint density at radius 1 is 1.02 bits per heavy atom. The molecule has 43 heavy (non-hydrogen) atoms. The van der Waals surface area contributed by atoms with E-state index in [9.17, 15) is 18.3 Å². The van der Waals surface area contributed by atoms with E-state index < -0.39 is 41.0 Å². The zero-order chi connectivity index (χ0) is 30.8. The first-order valence-electron chi connectivity index (χ1n) is 14.3. The van der Waals surface area contributed by atoms with Gasteiger partial charge in [-0.15, -0.1) is 11.8 Å². The van der Waals surface area contributed by atoms with Crippen molar-refractivity contribution in [3.05, 3.63) is 76.6 Å². The van der Waals surface area contributed by atoms with Crippen LogP contribution < -0.4 is 10.8 Å². The third-order valence-corrected chi connectivity index (χ3v) is 10.2. The number of aryl methyl sites for hydroxylation is 2. The summed E-state index contributed by atoms with van der Waals surface area (Å²) in [5.41, 5.74) is 1.60. The van der Waals surface area contributed by atoms with Gasteiger partial charge in [-0.1, -0.05) is 18.2 Å². The lowest BCUT2D eigenvalue weighted by Crippen LogP contribution is -2.41. The van der Waals surface area contributed by atoms with Crippen molar-refractivity contribution in [3.63, 3.8) is 0 Å². The maximum absolute atomic E-state index is 13.2. The van der Waals surface area contributed by atoms with Crippen LogP contribution in [0.25, 0.3) is 0 Å². The molecule has 3 aromatic rings. The lowest BCUT2D eigenvalue weighted by atomic mass is 9.72.